The van der Waals surface area contributed by atoms with Crippen LogP contribution < -0.4 is 4.74 Å². The summed E-state index contributed by atoms with van der Waals surface area (Å²) < 4.78 is 5.85. The first-order valence-electron chi connectivity index (χ1n) is 6.30. The summed E-state index contributed by atoms with van der Waals surface area (Å²) in [6, 6.07) is 8.19. The summed E-state index contributed by atoms with van der Waals surface area (Å²) in [4.78, 5) is 4.30. The Hall–Kier alpha value is -1.57. The molecule has 90 valence electrons. The molecule has 0 spiro atoms. The molecule has 1 aromatic carbocycles. The summed E-state index contributed by atoms with van der Waals surface area (Å²) in [5, 5.41) is 2.34. The van der Waals surface area contributed by atoms with Gasteiger partial charge in [0.15, 0.2) is 0 Å². The van der Waals surface area contributed by atoms with Crippen LogP contribution in [0.4, 0.5) is 0 Å². The van der Waals surface area contributed by atoms with Gasteiger partial charge < -0.3 is 4.74 Å². The number of ether oxygens (including phenoxy) is 1. The van der Waals surface area contributed by atoms with Crippen molar-refractivity contribution in [3.05, 3.63) is 36.2 Å². The predicted octanol–water partition coefficient (Wildman–Crippen LogP) is 4.11. The van der Waals surface area contributed by atoms with E-state index in [1.54, 1.807) is 0 Å². The zero-order valence-corrected chi connectivity index (χ0v) is 10.6. The van der Waals surface area contributed by atoms with E-state index in [4.69, 9.17) is 4.74 Å². The fraction of sp³-hybridized carbons (Fsp3) is 0.400. The summed E-state index contributed by atoms with van der Waals surface area (Å²) in [6.45, 7) is 5.03. The quantitative estimate of drug-likeness (QED) is 0.720. The van der Waals surface area contributed by atoms with Crippen LogP contribution in [0.5, 0.6) is 5.75 Å². The molecule has 1 heterocycles. The van der Waals surface area contributed by atoms with Crippen LogP contribution in [0.15, 0.2) is 30.5 Å². The minimum Gasteiger partial charge on any atom is -0.493 e. The maximum atomic E-state index is 5.85. The van der Waals surface area contributed by atoms with Gasteiger partial charge in [-0.3, -0.25) is 4.98 Å². The smallest absolute Gasteiger partial charge is 0.127 e. The Labute approximate surface area is 103 Å². The van der Waals surface area contributed by atoms with Gasteiger partial charge >= 0.3 is 0 Å². The van der Waals surface area contributed by atoms with Crippen LogP contribution in [-0.4, -0.2) is 11.6 Å². The Morgan fingerprint density at radius 2 is 2.00 bits per heavy atom. The first-order valence-corrected chi connectivity index (χ1v) is 6.30. The highest BCUT2D eigenvalue weighted by Crippen LogP contribution is 2.26. The van der Waals surface area contributed by atoms with Crippen molar-refractivity contribution in [2.45, 2.75) is 33.1 Å². The number of hydrogen-bond acceptors (Lipinski definition) is 2. The average molecular weight is 229 g/mol. The Balaban J connectivity index is 2.19. The molecule has 17 heavy (non-hydrogen) atoms. The molecule has 0 radical (unpaired) electrons. The standard InChI is InChI=1S/C15H19NO/c1-3-4-5-11-17-15-8-6-7-13-12(2)16-10-9-14(13)15/h6-10H,3-5,11H2,1-2H3. The van der Waals surface area contributed by atoms with E-state index >= 15 is 0 Å². The Bertz CT molecular complexity index is 493. The maximum Gasteiger partial charge on any atom is 0.127 e. The highest BCUT2D eigenvalue weighted by molar-refractivity contribution is 5.89. The molecular formula is C15H19NO. The van der Waals surface area contributed by atoms with Crippen molar-refractivity contribution in [2.75, 3.05) is 6.61 Å². The SMILES string of the molecule is CCCCCOc1cccc2c(C)nccc12. The minimum absolute atomic E-state index is 0.800. The average Bonchev–Trinajstić information content (AvgIpc) is 2.36. The molecule has 0 amide bonds. The first kappa shape index (κ1) is 11.9. The highest BCUT2D eigenvalue weighted by atomic mass is 16.5. The molecule has 0 N–H and O–H groups in total. The number of pyridine rings is 1. The highest BCUT2D eigenvalue weighted by Gasteiger charge is 2.03. The zero-order chi connectivity index (χ0) is 12.1. The summed E-state index contributed by atoms with van der Waals surface area (Å²) >= 11 is 0. The molecule has 0 fully saturated rings. The second kappa shape index (κ2) is 5.67. The summed E-state index contributed by atoms with van der Waals surface area (Å²) in [7, 11) is 0. The van der Waals surface area contributed by atoms with Gasteiger partial charge in [0.1, 0.15) is 5.75 Å². The summed E-state index contributed by atoms with van der Waals surface area (Å²) in [5.41, 5.74) is 1.06. The number of hydrogen-bond donors (Lipinski definition) is 0. The van der Waals surface area contributed by atoms with Gasteiger partial charge in [0.05, 0.1) is 6.61 Å². The van der Waals surface area contributed by atoms with Crippen LogP contribution in [0.25, 0.3) is 10.8 Å². The van der Waals surface area contributed by atoms with E-state index in [0.717, 1.165) is 29.9 Å². The van der Waals surface area contributed by atoms with E-state index in [2.05, 4.69) is 18.0 Å². The van der Waals surface area contributed by atoms with Crippen molar-refractivity contribution in [1.82, 2.24) is 4.98 Å². The number of benzene rings is 1. The predicted molar refractivity (Wildman–Crippen MR) is 71.5 cm³/mol. The lowest BCUT2D eigenvalue weighted by Crippen LogP contribution is -1.98. The Kier molecular flexibility index (Phi) is 3.97. The second-order valence-electron chi connectivity index (χ2n) is 4.30. The van der Waals surface area contributed by atoms with Crippen LogP contribution in [0.2, 0.25) is 0 Å². The fourth-order valence-corrected chi connectivity index (χ4v) is 1.98. The summed E-state index contributed by atoms with van der Waals surface area (Å²) in [5.74, 6) is 0.976. The summed E-state index contributed by atoms with van der Waals surface area (Å²) in [6.07, 6.45) is 5.42. The monoisotopic (exact) mass is 229 g/mol. The molecule has 0 atom stereocenters. The van der Waals surface area contributed by atoms with Crippen LogP contribution >= 0.6 is 0 Å². The molecule has 0 aliphatic heterocycles. The van der Waals surface area contributed by atoms with E-state index in [-0.39, 0.29) is 0 Å². The van der Waals surface area contributed by atoms with E-state index in [1.807, 2.05) is 31.3 Å². The molecule has 1 aromatic heterocycles. The molecule has 0 aliphatic carbocycles. The molecule has 2 heteroatoms. The zero-order valence-electron chi connectivity index (χ0n) is 10.6. The van der Waals surface area contributed by atoms with Crippen molar-refractivity contribution in [3.8, 4) is 5.75 Å². The molecule has 0 saturated heterocycles. The van der Waals surface area contributed by atoms with Gasteiger partial charge in [-0.05, 0) is 25.5 Å². The van der Waals surface area contributed by atoms with Gasteiger partial charge in [-0.2, -0.15) is 0 Å². The van der Waals surface area contributed by atoms with Crippen molar-refractivity contribution in [3.63, 3.8) is 0 Å². The lowest BCUT2D eigenvalue weighted by Gasteiger charge is -2.09. The fourth-order valence-electron chi connectivity index (χ4n) is 1.98. The number of aryl methyl sites for hydroxylation is 1. The topological polar surface area (TPSA) is 22.1 Å². The molecule has 2 aromatic rings. The van der Waals surface area contributed by atoms with Gasteiger partial charge in [-0.1, -0.05) is 31.9 Å². The van der Waals surface area contributed by atoms with Crippen molar-refractivity contribution in [2.24, 2.45) is 0 Å². The second-order valence-corrected chi connectivity index (χ2v) is 4.30. The van der Waals surface area contributed by atoms with Crippen LogP contribution in [-0.2, 0) is 0 Å². The molecule has 0 saturated carbocycles. The lowest BCUT2D eigenvalue weighted by atomic mass is 10.1. The molecule has 0 aliphatic rings. The van der Waals surface area contributed by atoms with Crippen LogP contribution in [0, 0.1) is 6.92 Å². The van der Waals surface area contributed by atoms with E-state index in [1.165, 1.54) is 18.2 Å². The molecular weight excluding hydrogens is 210 g/mol. The van der Waals surface area contributed by atoms with Crippen LogP contribution in [0.1, 0.15) is 31.9 Å². The van der Waals surface area contributed by atoms with Gasteiger partial charge in [0.25, 0.3) is 0 Å². The third-order valence-corrected chi connectivity index (χ3v) is 2.97. The van der Waals surface area contributed by atoms with Crippen molar-refractivity contribution < 1.29 is 4.74 Å². The molecule has 0 bridgehead atoms. The third-order valence-electron chi connectivity index (χ3n) is 2.97. The normalized spacial score (nSPS) is 10.7. The van der Waals surface area contributed by atoms with Gasteiger partial charge in [-0.25, -0.2) is 0 Å². The van der Waals surface area contributed by atoms with Gasteiger partial charge in [0.2, 0.25) is 0 Å². The maximum absolute atomic E-state index is 5.85. The number of rotatable bonds is 5. The lowest BCUT2D eigenvalue weighted by molar-refractivity contribution is 0.310. The Morgan fingerprint density at radius 3 is 2.82 bits per heavy atom. The van der Waals surface area contributed by atoms with Crippen molar-refractivity contribution in [1.29, 1.82) is 0 Å². The van der Waals surface area contributed by atoms with E-state index < -0.39 is 0 Å². The number of nitrogens with zero attached hydrogens (tertiary/aromatic N) is 1. The van der Waals surface area contributed by atoms with Gasteiger partial charge in [0, 0.05) is 22.7 Å². The van der Waals surface area contributed by atoms with E-state index in [0.29, 0.717) is 0 Å². The first-order chi connectivity index (χ1) is 8.33. The van der Waals surface area contributed by atoms with Crippen LogP contribution in [0.3, 0.4) is 0 Å². The van der Waals surface area contributed by atoms with Gasteiger partial charge in [-0.15, -0.1) is 0 Å². The molecule has 2 rings (SSSR count). The number of unbranched alkanes of at least 4 members (excludes halogenated alkanes) is 2. The van der Waals surface area contributed by atoms with Crippen molar-refractivity contribution >= 4 is 10.8 Å². The Morgan fingerprint density at radius 1 is 1.12 bits per heavy atom. The molecule has 2 nitrogen and oxygen atoms in total. The number of fused-ring (bicyclic) bond motifs is 1. The largest absolute Gasteiger partial charge is 0.493 e. The number of aromatic nitrogens is 1. The van der Waals surface area contributed by atoms with E-state index in [9.17, 15) is 0 Å². The minimum atomic E-state index is 0.800. The molecule has 0 unspecified atom stereocenters. The third kappa shape index (κ3) is 2.76.